The number of hydrogen-bond acceptors (Lipinski definition) is 5. The first-order chi connectivity index (χ1) is 16.6. The lowest BCUT2D eigenvalue weighted by Crippen LogP contribution is -2.55. The highest BCUT2D eigenvalue weighted by Gasteiger charge is 2.51. The van der Waals surface area contributed by atoms with Crippen LogP contribution in [-0.4, -0.2) is 80.9 Å². The summed E-state index contributed by atoms with van der Waals surface area (Å²) in [4.78, 5) is 27.4. The van der Waals surface area contributed by atoms with Gasteiger partial charge in [-0.3, -0.25) is 9.59 Å². The average Bonchev–Trinajstić information content (AvgIpc) is 3.67. The summed E-state index contributed by atoms with van der Waals surface area (Å²) in [6, 6.07) is 11.7. The number of hydrogen-bond donors (Lipinski definition) is 0. The summed E-state index contributed by atoms with van der Waals surface area (Å²) >= 11 is 0. The highest BCUT2D eigenvalue weighted by molar-refractivity contribution is 5.82. The number of benzene rings is 1. The van der Waals surface area contributed by atoms with Crippen LogP contribution in [0, 0.1) is 10.8 Å². The summed E-state index contributed by atoms with van der Waals surface area (Å²) in [6.07, 6.45) is 0.293. The number of esters is 1. The molecule has 0 N–H and O–H groups in total. The van der Waals surface area contributed by atoms with Crippen LogP contribution in [0.3, 0.4) is 0 Å². The summed E-state index contributed by atoms with van der Waals surface area (Å²) in [7, 11) is 2.95. The summed E-state index contributed by atoms with van der Waals surface area (Å²) in [5, 5.41) is 0. The van der Waals surface area contributed by atoms with E-state index in [1.54, 1.807) is 7.11 Å². The maximum atomic E-state index is 13.1. The molecule has 1 aliphatic heterocycles. The van der Waals surface area contributed by atoms with Crippen molar-refractivity contribution < 1.29 is 32.2 Å². The molecule has 0 unspecified atom stereocenters. The van der Waals surface area contributed by atoms with Crippen molar-refractivity contribution in [3.8, 4) is 0 Å². The molecule has 0 spiro atoms. The number of alkyl halides is 3. The zero-order valence-corrected chi connectivity index (χ0v) is 20.7. The second kappa shape index (κ2) is 11.7. The van der Waals surface area contributed by atoms with Gasteiger partial charge in [0, 0.05) is 31.7 Å². The lowest BCUT2D eigenvalue weighted by molar-refractivity contribution is -0.188. The molecule has 3 aliphatic rings. The van der Waals surface area contributed by atoms with Gasteiger partial charge in [0.25, 0.3) is 0 Å². The molecule has 3 fully saturated rings. The van der Waals surface area contributed by atoms with Crippen LogP contribution in [0.4, 0.5) is 13.2 Å². The number of halogens is 3. The van der Waals surface area contributed by atoms with Gasteiger partial charge in [-0.15, -0.1) is 0 Å². The highest BCUT2D eigenvalue weighted by atomic mass is 19.4. The number of nitrogens with zero attached hydrogens (tertiary/aromatic N) is 2. The topological polar surface area (TPSA) is 59.1 Å². The molecule has 196 valence electrons. The van der Waals surface area contributed by atoms with Gasteiger partial charge in [-0.1, -0.05) is 42.8 Å². The van der Waals surface area contributed by atoms with E-state index in [0.717, 1.165) is 24.2 Å². The van der Waals surface area contributed by atoms with Gasteiger partial charge in [-0.2, -0.15) is 13.2 Å². The molecule has 0 atom stereocenters. The molecule has 2 saturated carbocycles. The largest absolute Gasteiger partial charge is 0.471 e. The SMILES string of the molecule is COCC1(CN(C(=O)C(F)(F)F)C2CC2)CCN(CC2(C(=O)OC)CCC2)CC1.c1ccccc1. The van der Waals surface area contributed by atoms with Crippen LogP contribution in [0.5, 0.6) is 0 Å². The number of likely N-dealkylation sites (tertiary alicyclic amines) is 1. The molecular weight excluding hydrogens is 461 g/mol. The fourth-order valence-corrected chi connectivity index (χ4v) is 5.18. The number of ether oxygens (including phenoxy) is 2. The second-order valence-electron chi connectivity index (χ2n) is 10.2. The van der Waals surface area contributed by atoms with Crippen molar-refractivity contribution in [2.75, 3.05) is 47.0 Å². The molecular formula is C26H37F3N2O4. The number of carbonyl (C=O) groups excluding carboxylic acids is 2. The van der Waals surface area contributed by atoms with E-state index >= 15 is 0 Å². The van der Waals surface area contributed by atoms with E-state index < -0.39 is 22.9 Å². The van der Waals surface area contributed by atoms with E-state index in [-0.39, 0.29) is 18.6 Å². The lowest BCUT2D eigenvalue weighted by atomic mass is 9.68. The molecule has 1 amide bonds. The Labute approximate surface area is 205 Å². The summed E-state index contributed by atoms with van der Waals surface area (Å²) in [5.74, 6) is -1.91. The van der Waals surface area contributed by atoms with E-state index in [9.17, 15) is 22.8 Å². The number of amides is 1. The van der Waals surface area contributed by atoms with Gasteiger partial charge in [-0.05, 0) is 51.6 Å². The zero-order valence-electron chi connectivity index (χ0n) is 20.7. The fraction of sp³-hybridized carbons (Fsp3) is 0.692. The Balaban J connectivity index is 0.000000497. The Kier molecular flexibility index (Phi) is 9.21. The van der Waals surface area contributed by atoms with Gasteiger partial charge >= 0.3 is 18.1 Å². The maximum absolute atomic E-state index is 13.1. The van der Waals surface area contributed by atoms with Crippen molar-refractivity contribution in [1.82, 2.24) is 9.80 Å². The Morgan fingerprint density at radius 3 is 1.89 bits per heavy atom. The number of carbonyl (C=O) groups is 2. The first kappa shape index (κ1) is 27.5. The molecule has 6 nitrogen and oxygen atoms in total. The molecule has 1 heterocycles. The van der Waals surface area contributed by atoms with Crippen LogP contribution in [0.2, 0.25) is 0 Å². The van der Waals surface area contributed by atoms with Crippen molar-refractivity contribution in [1.29, 1.82) is 0 Å². The average molecular weight is 499 g/mol. The van der Waals surface area contributed by atoms with Crippen LogP contribution in [0.25, 0.3) is 0 Å². The second-order valence-corrected chi connectivity index (χ2v) is 10.2. The number of piperidine rings is 1. The third-order valence-electron chi connectivity index (χ3n) is 7.49. The van der Waals surface area contributed by atoms with Crippen LogP contribution < -0.4 is 0 Å². The van der Waals surface area contributed by atoms with Crippen LogP contribution in [-0.2, 0) is 19.1 Å². The van der Waals surface area contributed by atoms with E-state index in [1.165, 1.54) is 7.11 Å². The molecule has 0 aromatic heterocycles. The molecule has 9 heteroatoms. The predicted molar refractivity (Wildman–Crippen MR) is 126 cm³/mol. The third kappa shape index (κ3) is 7.19. The highest BCUT2D eigenvalue weighted by Crippen LogP contribution is 2.44. The lowest BCUT2D eigenvalue weighted by Gasteiger charge is -2.48. The summed E-state index contributed by atoms with van der Waals surface area (Å²) in [6.45, 7) is 2.34. The molecule has 0 bridgehead atoms. The molecule has 2 aliphatic carbocycles. The monoisotopic (exact) mass is 498 g/mol. The molecule has 1 aromatic carbocycles. The molecule has 1 aromatic rings. The van der Waals surface area contributed by atoms with Crippen molar-refractivity contribution in [2.45, 2.75) is 57.2 Å². The first-order valence-electron chi connectivity index (χ1n) is 12.3. The number of methoxy groups -OCH3 is 2. The molecule has 35 heavy (non-hydrogen) atoms. The minimum atomic E-state index is -4.85. The summed E-state index contributed by atoms with van der Waals surface area (Å²) < 4.78 is 49.6. The van der Waals surface area contributed by atoms with E-state index in [0.29, 0.717) is 51.9 Å². The fourth-order valence-electron chi connectivity index (χ4n) is 5.18. The minimum absolute atomic E-state index is 0.0693. The van der Waals surface area contributed by atoms with Gasteiger partial charge in [0.1, 0.15) is 0 Å². The Hall–Kier alpha value is -2.13. The summed E-state index contributed by atoms with van der Waals surface area (Å²) in [5.41, 5.74) is -0.935. The normalized spacial score (nSPS) is 21.2. The van der Waals surface area contributed by atoms with E-state index in [1.807, 2.05) is 36.4 Å². The third-order valence-corrected chi connectivity index (χ3v) is 7.49. The standard InChI is InChI=1S/C20H31F3N2O4.C6H6/c1-28-14-18(12-25(15-4-5-15)16(26)20(21,22)23)8-10-24(11-9-18)13-19(6-3-7-19)17(27)29-2;1-2-4-6-5-3-1/h15H,3-14H2,1-2H3;1-6H. The van der Waals surface area contributed by atoms with Crippen molar-refractivity contribution in [3.05, 3.63) is 36.4 Å². The maximum Gasteiger partial charge on any atom is 0.471 e. The van der Waals surface area contributed by atoms with Gasteiger partial charge < -0.3 is 19.3 Å². The van der Waals surface area contributed by atoms with Crippen LogP contribution >= 0.6 is 0 Å². The van der Waals surface area contributed by atoms with Crippen molar-refractivity contribution in [2.24, 2.45) is 10.8 Å². The first-order valence-corrected chi connectivity index (χ1v) is 12.3. The van der Waals surface area contributed by atoms with Crippen molar-refractivity contribution >= 4 is 11.9 Å². The minimum Gasteiger partial charge on any atom is -0.469 e. The molecule has 4 rings (SSSR count). The Morgan fingerprint density at radius 2 is 1.51 bits per heavy atom. The molecule has 0 radical (unpaired) electrons. The van der Waals surface area contributed by atoms with Gasteiger partial charge in [-0.25, -0.2) is 0 Å². The van der Waals surface area contributed by atoms with Crippen molar-refractivity contribution in [3.63, 3.8) is 0 Å². The Morgan fingerprint density at radius 1 is 0.971 bits per heavy atom. The zero-order chi connectivity index (χ0) is 25.5. The van der Waals surface area contributed by atoms with Gasteiger partial charge in [0.2, 0.25) is 0 Å². The Bertz CT molecular complexity index is 791. The van der Waals surface area contributed by atoms with E-state index in [4.69, 9.17) is 9.47 Å². The number of rotatable bonds is 8. The molecule has 1 saturated heterocycles. The van der Waals surface area contributed by atoms with E-state index in [2.05, 4.69) is 4.90 Å². The van der Waals surface area contributed by atoms with Crippen LogP contribution in [0.1, 0.15) is 44.9 Å². The predicted octanol–water partition coefficient (Wildman–Crippen LogP) is 4.30. The smallest absolute Gasteiger partial charge is 0.469 e. The van der Waals surface area contributed by atoms with Gasteiger partial charge in [0.05, 0.1) is 19.1 Å². The van der Waals surface area contributed by atoms with Gasteiger partial charge in [0.15, 0.2) is 0 Å². The quantitative estimate of drug-likeness (QED) is 0.501. The van der Waals surface area contributed by atoms with Crippen LogP contribution in [0.15, 0.2) is 36.4 Å².